The molecule has 5 heteroatoms. The molecule has 0 aromatic rings. The molecular weight excluding hydrogens is 130 g/mol. The predicted molar refractivity (Wildman–Crippen MR) is 32.0 cm³/mol. The second-order valence-corrected chi connectivity index (χ2v) is 2.73. The van der Waals surface area contributed by atoms with E-state index in [1.54, 1.807) is 0 Å². The molecule has 0 aliphatic carbocycles. The third-order valence-corrected chi connectivity index (χ3v) is 1.01. The van der Waals surface area contributed by atoms with Crippen LogP contribution in [0.5, 0.6) is 0 Å². The van der Waals surface area contributed by atoms with Gasteiger partial charge in [0, 0.05) is 0 Å². The molecule has 4 nitrogen and oxygen atoms in total. The molecule has 0 rings (SSSR count). The molecule has 0 aliphatic heterocycles. The highest BCUT2D eigenvalue weighted by atomic mass is 32.2. The fourth-order valence-electron chi connectivity index (χ4n) is 0.164. The van der Waals surface area contributed by atoms with E-state index in [0.29, 0.717) is 6.29 Å². The minimum Gasteiger partial charge on any atom is -0.303 e. The van der Waals surface area contributed by atoms with Crippen LogP contribution in [0.4, 0.5) is 0 Å². The van der Waals surface area contributed by atoms with Gasteiger partial charge in [0.25, 0.3) is 0 Å². The Hall–Kier alpha value is -0.390. The molecule has 0 aromatic carbocycles. The molecule has 0 fully saturated rings. The van der Waals surface area contributed by atoms with Crippen LogP contribution in [0.25, 0.3) is 0 Å². The maximum atomic E-state index is 10.1. The third kappa shape index (κ3) is 5.61. The summed E-state index contributed by atoms with van der Waals surface area (Å²) in [6.45, 7) is -0.140. The van der Waals surface area contributed by atoms with Crippen LogP contribution in [0.2, 0.25) is 0 Å². The van der Waals surface area contributed by atoms with E-state index in [0.717, 1.165) is 0 Å². The molecule has 1 unspecified atom stereocenters. The maximum absolute atomic E-state index is 10.1. The van der Waals surface area contributed by atoms with Gasteiger partial charge in [-0.15, -0.1) is 0 Å². The molecule has 1 atom stereocenters. The summed E-state index contributed by atoms with van der Waals surface area (Å²) in [6.07, 6.45) is 0.487. The van der Waals surface area contributed by atoms with Crippen molar-refractivity contribution < 1.29 is 13.6 Å². The molecular formula is C3H7NO3S. The van der Waals surface area contributed by atoms with Gasteiger partial charge >= 0.3 is 0 Å². The minimum absolute atomic E-state index is 0.140. The van der Waals surface area contributed by atoms with Crippen LogP contribution in [0.1, 0.15) is 0 Å². The van der Waals surface area contributed by atoms with Gasteiger partial charge in [-0.2, -0.15) is 0 Å². The number of aldehydes is 1. The summed E-state index contributed by atoms with van der Waals surface area (Å²) >= 11 is 0. The number of carbonyl (C=O) groups excluding carboxylic acids is 1. The molecule has 8 heavy (non-hydrogen) atoms. The van der Waals surface area contributed by atoms with E-state index in [4.69, 9.17) is 4.55 Å². The van der Waals surface area contributed by atoms with Crippen LogP contribution in [0, 0.1) is 0 Å². The van der Waals surface area contributed by atoms with Crippen molar-refractivity contribution in [3.8, 4) is 0 Å². The molecule has 0 aliphatic rings. The van der Waals surface area contributed by atoms with E-state index in [2.05, 4.69) is 5.87 Å². The molecule has 0 bridgehead atoms. The minimum atomic E-state index is -3.17. The highest BCUT2D eigenvalue weighted by Gasteiger charge is 1.89. The lowest BCUT2D eigenvalue weighted by molar-refractivity contribution is -0.106. The first-order valence-corrected chi connectivity index (χ1v) is 3.52. The Labute approximate surface area is 47.9 Å². The van der Waals surface area contributed by atoms with E-state index in [1.807, 2.05) is 4.72 Å². The monoisotopic (exact) mass is 137 g/mol. The van der Waals surface area contributed by atoms with Crippen LogP contribution in [0.15, 0.2) is 0 Å². The quantitative estimate of drug-likeness (QED) is 0.382. The predicted octanol–water partition coefficient (Wildman–Crippen LogP) is -1.12. The van der Waals surface area contributed by atoms with Crippen molar-refractivity contribution in [1.29, 1.82) is 0 Å². The Morgan fingerprint density at radius 3 is 2.50 bits per heavy atom. The molecule has 0 aromatic heterocycles. The van der Waals surface area contributed by atoms with Gasteiger partial charge in [-0.3, -0.25) is 0 Å². The van der Waals surface area contributed by atoms with Crippen molar-refractivity contribution in [3.05, 3.63) is 0 Å². The second-order valence-electron chi connectivity index (χ2n) is 1.16. The Morgan fingerprint density at radius 2 is 2.38 bits per heavy atom. The van der Waals surface area contributed by atoms with Gasteiger partial charge in [-0.05, 0) is 5.87 Å². The lowest BCUT2D eigenvalue weighted by Crippen LogP contribution is -2.23. The van der Waals surface area contributed by atoms with Crippen molar-refractivity contribution in [1.82, 2.24) is 4.72 Å². The summed E-state index contributed by atoms with van der Waals surface area (Å²) in [5.74, 6) is 2.82. The van der Waals surface area contributed by atoms with Gasteiger partial charge < -0.3 is 9.35 Å². The zero-order valence-corrected chi connectivity index (χ0v) is 4.98. The van der Waals surface area contributed by atoms with Crippen LogP contribution < -0.4 is 4.72 Å². The van der Waals surface area contributed by atoms with E-state index in [9.17, 15) is 9.00 Å². The summed E-state index contributed by atoms with van der Waals surface area (Å²) in [7, 11) is -3.17. The Kier molecular flexibility index (Phi) is 2.67. The Bertz CT molecular complexity index is 159. The summed E-state index contributed by atoms with van der Waals surface area (Å²) in [6, 6.07) is 0. The van der Waals surface area contributed by atoms with E-state index < -0.39 is 9.99 Å². The Morgan fingerprint density at radius 1 is 1.88 bits per heavy atom. The number of hydrogen-bond acceptors (Lipinski definition) is 2. The normalized spacial score (nSPS) is 17.1. The fourth-order valence-corrected chi connectivity index (χ4v) is 0.493. The number of nitrogens with one attached hydrogen (secondary N) is 1. The van der Waals surface area contributed by atoms with Gasteiger partial charge in [0.15, 0.2) is 0 Å². The zero-order valence-electron chi connectivity index (χ0n) is 4.16. The van der Waals surface area contributed by atoms with Gasteiger partial charge in [0.1, 0.15) is 16.3 Å². The first-order chi connectivity index (χ1) is 3.56. The lowest BCUT2D eigenvalue weighted by atomic mass is 10.8. The highest BCUT2D eigenvalue weighted by Crippen LogP contribution is 1.66. The van der Waals surface area contributed by atoms with Crippen molar-refractivity contribution in [2.45, 2.75) is 0 Å². The van der Waals surface area contributed by atoms with E-state index in [-0.39, 0.29) is 6.54 Å². The second kappa shape index (κ2) is 2.81. The number of carbonyl (C=O) groups is 1. The smallest absolute Gasteiger partial charge is 0.138 e. The van der Waals surface area contributed by atoms with Crippen LogP contribution >= 0.6 is 0 Å². The van der Waals surface area contributed by atoms with E-state index in [1.165, 1.54) is 0 Å². The molecule has 0 heterocycles. The third-order valence-electron chi connectivity index (χ3n) is 0.392. The van der Waals surface area contributed by atoms with Gasteiger partial charge in [-0.25, -0.2) is 8.93 Å². The molecule has 0 spiro atoms. The number of hydrogen-bond donors (Lipinski definition) is 2. The average Bonchev–Trinajstić information content (AvgIpc) is 1.59. The highest BCUT2D eigenvalue weighted by molar-refractivity contribution is 7.93. The standard InChI is InChI=1S/C3H7NO3S/c1-8(6,7)4-2-3-5/h3H,1-2H2,(H2,4,6,7). The molecule has 0 amide bonds. The van der Waals surface area contributed by atoms with Crippen molar-refractivity contribution >= 4 is 22.1 Å². The SMILES string of the molecule is C=S(=O)(O)NCC=O. The summed E-state index contributed by atoms with van der Waals surface area (Å²) < 4.78 is 20.4. The average molecular weight is 137 g/mol. The lowest BCUT2D eigenvalue weighted by Gasteiger charge is -1.96. The first kappa shape index (κ1) is 7.61. The van der Waals surface area contributed by atoms with Crippen molar-refractivity contribution in [2.75, 3.05) is 6.54 Å². The number of rotatable bonds is 3. The van der Waals surface area contributed by atoms with Crippen LogP contribution in [-0.4, -0.2) is 27.5 Å². The summed E-state index contributed by atoms with van der Waals surface area (Å²) in [5, 5.41) is 0. The van der Waals surface area contributed by atoms with Crippen LogP contribution in [-0.2, 0) is 14.8 Å². The Balaban J connectivity index is 3.57. The fraction of sp³-hybridized carbons (Fsp3) is 0.333. The largest absolute Gasteiger partial charge is 0.303 e. The topological polar surface area (TPSA) is 66.4 Å². The van der Waals surface area contributed by atoms with Crippen molar-refractivity contribution in [2.24, 2.45) is 0 Å². The zero-order chi connectivity index (χ0) is 6.62. The summed E-state index contributed by atoms with van der Waals surface area (Å²) in [4.78, 5) is 9.52. The van der Waals surface area contributed by atoms with Crippen LogP contribution in [0.3, 0.4) is 0 Å². The molecule has 0 saturated carbocycles. The first-order valence-electron chi connectivity index (χ1n) is 1.84. The molecule has 0 radical (unpaired) electrons. The van der Waals surface area contributed by atoms with Gasteiger partial charge in [0.2, 0.25) is 0 Å². The van der Waals surface area contributed by atoms with E-state index >= 15 is 0 Å². The molecule has 2 N–H and O–H groups in total. The molecule has 48 valence electrons. The maximum Gasteiger partial charge on any atom is 0.138 e. The van der Waals surface area contributed by atoms with Crippen molar-refractivity contribution in [3.63, 3.8) is 0 Å². The summed E-state index contributed by atoms with van der Waals surface area (Å²) in [5.41, 5.74) is 0. The molecule has 0 saturated heterocycles. The van der Waals surface area contributed by atoms with Gasteiger partial charge in [0.05, 0.1) is 6.54 Å². The van der Waals surface area contributed by atoms with Gasteiger partial charge in [-0.1, -0.05) is 0 Å².